The zero-order chi connectivity index (χ0) is 17.2. The molecule has 1 saturated heterocycles. The fourth-order valence-corrected chi connectivity index (χ4v) is 2.86. The first-order valence-electron chi connectivity index (χ1n) is 8.83. The molecule has 1 fully saturated rings. The van der Waals surface area contributed by atoms with Crippen molar-refractivity contribution in [3.63, 3.8) is 0 Å². The van der Waals surface area contributed by atoms with Crippen LogP contribution in [0.2, 0.25) is 0 Å². The van der Waals surface area contributed by atoms with Crippen molar-refractivity contribution >= 4 is 5.96 Å². The molecule has 0 radical (unpaired) electrons. The van der Waals surface area contributed by atoms with Crippen LogP contribution >= 0.6 is 0 Å². The molecule has 0 bridgehead atoms. The molecule has 2 rings (SSSR count). The second-order valence-electron chi connectivity index (χ2n) is 6.17. The number of methoxy groups -OCH3 is 1. The maximum Gasteiger partial charge on any atom is 0.218 e. The van der Waals surface area contributed by atoms with Crippen molar-refractivity contribution in [3.8, 4) is 5.88 Å². The molecule has 134 valence electrons. The average molecular weight is 334 g/mol. The van der Waals surface area contributed by atoms with Gasteiger partial charge in [-0.2, -0.15) is 0 Å². The summed E-state index contributed by atoms with van der Waals surface area (Å²) in [5.41, 5.74) is 0.995. The van der Waals surface area contributed by atoms with Crippen LogP contribution in [-0.2, 0) is 11.3 Å². The van der Waals surface area contributed by atoms with Gasteiger partial charge in [0.15, 0.2) is 5.96 Å². The van der Waals surface area contributed by atoms with Crippen molar-refractivity contribution in [1.82, 2.24) is 15.2 Å². The minimum Gasteiger partial charge on any atom is -0.475 e. The summed E-state index contributed by atoms with van der Waals surface area (Å²) in [5, 5.41) is 3.41. The van der Waals surface area contributed by atoms with Crippen LogP contribution in [0.3, 0.4) is 0 Å². The standard InChI is InChI=1S/C18H30N4O2/c1-4-19-18(22-10-6-7-15(2)14-22)21-13-16-8-5-9-20-17(16)24-12-11-23-3/h5,8-9,15H,4,6-7,10-14H2,1-3H3,(H,19,21). The predicted octanol–water partition coefficient (Wildman–Crippen LogP) is 2.30. The molecule has 0 amide bonds. The molecule has 1 atom stereocenters. The smallest absolute Gasteiger partial charge is 0.218 e. The van der Waals surface area contributed by atoms with Crippen LogP contribution in [0.5, 0.6) is 5.88 Å². The van der Waals surface area contributed by atoms with Gasteiger partial charge >= 0.3 is 0 Å². The minimum absolute atomic E-state index is 0.494. The fraction of sp³-hybridized carbons (Fsp3) is 0.667. The highest BCUT2D eigenvalue weighted by Gasteiger charge is 2.19. The van der Waals surface area contributed by atoms with Crippen LogP contribution in [0.1, 0.15) is 32.3 Å². The number of hydrogen-bond donors (Lipinski definition) is 1. The summed E-state index contributed by atoms with van der Waals surface area (Å²) in [4.78, 5) is 11.5. The highest BCUT2D eigenvalue weighted by Crippen LogP contribution is 2.18. The van der Waals surface area contributed by atoms with Crippen LogP contribution in [0.25, 0.3) is 0 Å². The Bertz CT molecular complexity index is 521. The molecule has 1 aliphatic heterocycles. The summed E-state index contributed by atoms with van der Waals surface area (Å²) in [7, 11) is 1.66. The average Bonchev–Trinajstić information content (AvgIpc) is 2.60. The molecular formula is C18H30N4O2. The maximum absolute atomic E-state index is 5.69. The molecule has 0 aliphatic carbocycles. The lowest BCUT2D eigenvalue weighted by Crippen LogP contribution is -2.46. The highest BCUT2D eigenvalue weighted by molar-refractivity contribution is 5.80. The van der Waals surface area contributed by atoms with E-state index in [0.717, 1.165) is 31.2 Å². The molecule has 6 heteroatoms. The number of nitrogens with zero attached hydrogens (tertiary/aromatic N) is 3. The third kappa shape index (κ3) is 5.67. The van der Waals surface area contributed by atoms with E-state index in [-0.39, 0.29) is 0 Å². The number of rotatable bonds is 7. The molecule has 1 N–H and O–H groups in total. The number of aromatic nitrogens is 1. The van der Waals surface area contributed by atoms with Crippen LogP contribution < -0.4 is 10.1 Å². The van der Waals surface area contributed by atoms with Gasteiger partial charge in [-0.1, -0.05) is 13.0 Å². The third-order valence-electron chi connectivity index (χ3n) is 4.07. The minimum atomic E-state index is 0.494. The first kappa shape index (κ1) is 18.5. The Kier molecular flexibility index (Phi) is 7.82. The van der Waals surface area contributed by atoms with Gasteiger partial charge in [0, 0.05) is 38.5 Å². The molecule has 6 nitrogen and oxygen atoms in total. The third-order valence-corrected chi connectivity index (χ3v) is 4.07. The SMILES string of the molecule is CCNC(=NCc1cccnc1OCCOC)N1CCCC(C)C1. The number of likely N-dealkylation sites (tertiary alicyclic amines) is 1. The van der Waals surface area contributed by atoms with Gasteiger partial charge in [-0.3, -0.25) is 0 Å². The molecule has 24 heavy (non-hydrogen) atoms. The molecule has 1 aromatic rings. The van der Waals surface area contributed by atoms with E-state index >= 15 is 0 Å². The van der Waals surface area contributed by atoms with Gasteiger partial charge < -0.3 is 19.7 Å². The van der Waals surface area contributed by atoms with Crippen LogP contribution in [-0.4, -0.2) is 55.8 Å². The first-order valence-corrected chi connectivity index (χ1v) is 8.83. The number of pyridine rings is 1. The lowest BCUT2D eigenvalue weighted by molar-refractivity contribution is 0.143. The molecular weight excluding hydrogens is 304 g/mol. The van der Waals surface area contributed by atoms with Crippen molar-refractivity contribution in [1.29, 1.82) is 0 Å². The second-order valence-corrected chi connectivity index (χ2v) is 6.17. The van der Waals surface area contributed by atoms with Crippen LogP contribution in [0, 0.1) is 5.92 Å². The van der Waals surface area contributed by atoms with Crippen molar-refractivity contribution in [2.75, 3.05) is 40.0 Å². The Morgan fingerprint density at radius 1 is 1.46 bits per heavy atom. The van der Waals surface area contributed by atoms with Gasteiger partial charge in [-0.05, 0) is 31.7 Å². The van der Waals surface area contributed by atoms with Crippen LogP contribution in [0.4, 0.5) is 0 Å². The Morgan fingerprint density at radius 3 is 3.08 bits per heavy atom. The zero-order valence-electron chi connectivity index (χ0n) is 15.1. The first-order chi connectivity index (χ1) is 11.7. The summed E-state index contributed by atoms with van der Waals surface area (Å²) in [6.07, 6.45) is 4.27. The topological polar surface area (TPSA) is 59.0 Å². The fourth-order valence-electron chi connectivity index (χ4n) is 2.86. The van der Waals surface area contributed by atoms with Gasteiger partial charge in [0.2, 0.25) is 5.88 Å². The largest absolute Gasteiger partial charge is 0.475 e. The molecule has 0 aromatic carbocycles. The van der Waals surface area contributed by atoms with Gasteiger partial charge in [-0.25, -0.2) is 9.98 Å². The Labute approximate surface area is 145 Å². The zero-order valence-corrected chi connectivity index (χ0v) is 15.1. The van der Waals surface area contributed by atoms with E-state index in [0.29, 0.717) is 31.6 Å². The molecule has 2 heterocycles. The lowest BCUT2D eigenvalue weighted by Gasteiger charge is -2.33. The van der Waals surface area contributed by atoms with E-state index in [1.165, 1.54) is 12.8 Å². The molecule has 0 spiro atoms. The van der Waals surface area contributed by atoms with Crippen LogP contribution in [0.15, 0.2) is 23.3 Å². The van der Waals surface area contributed by atoms with Crippen molar-refractivity contribution in [2.45, 2.75) is 33.2 Å². The Morgan fingerprint density at radius 2 is 2.33 bits per heavy atom. The maximum atomic E-state index is 5.69. The van der Waals surface area contributed by atoms with E-state index < -0.39 is 0 Å². The van der Waals surface area contributed by atoms with Crippen molar-refractivity contribution in [3.05, 3.63) is 23.9 Å². The molecule has 1 unspecified atom stereocenters. The van der Waals surface area contributed by atoms with E-state index in [1.807, 2.05) is 12.1 Å². The molecule has 0 saturated carbocycles. The highest BCUT2D eigenvalue weighted by atomic mass is 16.5. The van der Waals surface area contributed by atoms with Gasteiger partial charge in [0.1, 0.15) is 6.61 Å². The van der Waals surface area contributed by atoms with Gasteiger partial charge in [0.25, 0.3) is 0 Å². The summed E-state index contributed by atoms with van der Waals surface area (Å²) in [6.45, 7) is 9.01. The van der Waals surface area contributed by atoms with Crippen molar-refractivity contribution in [2.24, 2.45) is 10.9 Å². The monoisotopic (exact) mass is 334 g/mol. The van der Waals surface area contributed by atoms with E-state index in [9.17, 15) is 0 Å². The summed E-state index contributed by atoms with van der Waals surface area (Å²) in [5.74, 6) is 2.34. The predicted molar refractivity (Wildman–Crippen MR) is 96.4 cm³/mol. The van der Waals surface area contributed by atoms with E-state index in [1.54, 1.807) is 13.3 Å². The second kappa shape index (κ2) is 10.1. The summed E-state index contributed by atoms with van der Waals surface area (Å²) >= 11 is 0. The quantitative estimate of drug-likeness (QED) is 0.471. The normalized spacial score (nSPS) is 18.5. The van der Waals surface area contributed by atoms with E-state index in [2.05, 4.69) is 29.0 Å². The Balaban J connectivity index is 2.05. The number of piperidine rings is 1. The molecule has 1 aromatic heterocycles. The van der Waals surface area contributed by atoms with Crippen molar-refractivity contribution < 1.29 is 9.47 Å². The number of ether oxygens (including phenoxy) is 2. The number of hydrogen-bond acceptors (Lipinski definition) is 4. The molecule has 1 aliphatic rings. The van der Waals surface area contributed by atoms with Gasteiger partial charge in [-0.15, -0.1) is 0 Å². The van der Waals surface area contributed by atoms with E-state index in [4.69, 9.17) is 14.5 Å². The van der Waals surface area contributed by atoms with Gasteiger partial charge in [0.05, 0.1) is 13.2 Å². The number of guanidine groups is 1. The number of aliphatic imine (C=N–C) groups is 1. The number of nitrogens with one attached hydrogen (secondary N) is 1. The summed E-state index contributed by atoms with van der Waals surface area (Å²) < 4.78 is 10.7. The Hall–Kier alpha value is -1.82. The lowest BCUT2D eigenvalue weighted by atomic mass is 10.0. The summed E-state index contributed by atoms with van der Waals surface area (Å²) in [6, 6.07) is 3.94.